The van der Waals surface area contributed by atoms with Gasteiger partial charge < -0.3 is 35.3 Å². The van der Waals surface area contributed by atoms with Crippen LogP contribution in [0.5, 0.6) is 0 Å². The number of nitrogens with zero attached hydrogens (tertiary/aromatic N) is 6. The lowest BCUT2D eigenvalue weighted by molar-refractivity contribution is -0.126. The Labute approximate surface area is 382 Å². The molecule has 16 heteroatoms. The highest BCUT2D eigenvalue weighted by Gasteiger charge is 2.26. The van der Waals surface area contributed by atoms with E-state index in [1.165, 1.54) is 19.6 Å². The fourth-order valence-electron chi connectivity index (χ4n) is 6.89. The Morgan fingerprint density at radius 2 is 1.48 bits per heavy atom. The van der Waals surface area contributed by atoms with E-state index >= 15 is 0 Å². The van der Waals surface area contributed by atoms with Gasteiger partial charge in [0.2, 0.25) is 6.41 Å². The summed E-state index contributed by atoms with van der Waals surface area (Å²) in [6, 6.07) is 24.9. The molecule has 0 saturated carbocycles. The van der Waals surface area contributed by atoms with Gasteiger partial charge in [-0.3, -0.25) is 29.4 Å². The number of amides is 1. The summed E-state index contributed by atoms with van der Waals surface area (Å²) in [6.45, 7) is 10.4. The second-order valence-electron chi connectivity index (χ2n) is 14.3. The Balaban J connectivity index is 0.000000405. The lowest BCUT2D eigenvalue weighted by atomic mass is 10.1. The smallest absolute Gasteiger partial charge is 0.292 e. The molecule has 0 unspecified atom stereocenters. The van der Waals surface area contributed by atoms with Gasteiger partial charge in [-0.1, -0.05) is 80.6 Å². The Kier molecular flexibility index (Phi) is 26.8. The molecule has 2 aliphatic heterocycles. The number of rotatable bonds is 14. The van der Waals surface area contributed by atoms with Gasteiger partial charge in [-0.05, 0) is 95.5 Å². The van der Waals surface area contributed by atoms with Crippen LogP contribution >= 0.6 is 0 Å². The number of likely N-dealkylation sites (N-methyl/N-ethyl adjacent to an activating group) is 1. The number of halogens is 1. The van der Waals surface area contributed by atoms with E-state index in [0.29, 0.717) is 36.7 Å². The van der Waals surface area contributed by atoms with Gasteiger partial charge in [0.15, 0.2) is 0 Å². The average Bonchev–Trinajstić information content (AvgIpc) is 4.18. The maximum Gasteiger partial charge on any atom is 0.292 e. The van der Waals surface area contributed by atoms with Gasteiger partial charge in [-0.15, -0.1) is 0 Å². The number of hydrogen-bond acceptors (Lipinski definition) is 12. The molecule has 0 aliphatic carbocycles. The molecule has 2 aliphatic rings. The molecule has 65 heavy (non-hydrogen) atoms. The number of benzene rings is 3. The van der Waals surface area contributed by atoms with Crippen molar-refractivity contribution >= 4 is 44.0 Å². The van der Waals surface area contributed by atoms with E-state index in [4.69, 9.17) is 9.59 Å². The molecule has 4 heterocycles. The maximum atomic E-state index is 15.0. The third-order valence-corrected chi connectivity index (χ3v) is 10.1. The molecule has 15 nitrogen and oxygen atoms in total. The third kappa shape index (κ3) is 18.5. The number of imidazole rings is 2. The zero-order chi connectivity index (χ0) is 47.8. The van der Waals surface area contributed by atoms with Crippen LogP contribution in [-0.4, -0.2) is 109 Å². The number of aliphatic imine (C=N–C) groups is 2. The first-order valence-electron chi connectivity index (χ1n) is 21.4. The summed E-state index contributed by atoms with van der Waals surface area (Å²) >= 11 is 0. The normalized spacial score (nSPS) is 16.0. The maximum absolute atomic E-state index is 15.0. The molecule has 1 amide bonds. The van der Waals surface area contributed by atoms with Crippen molar-refractivity contribution in [3.05, 3.63) is 137 Å². The van der Waals surface area contributed by atoms with Crippen LogP contribution in [0.15, 0.2) is 107 Å². The van der Waals surface area contributed by atoms with Crippen LogP contribution in [0.25, 0.3) is 16.8 Å². The Bertz CT molecular complexity index is 2180. The SMILES string of the molecule is C=N/C=C(\C=NCc1ccc(-c2cnc([C@@H]3CCCN3C)[nH]2)c(F)c1)c1cnc([C@@H]2CCCN2C)[nH]1.CC.CN[C@@H](C=O)c1ccccc1.COC=O.NC=O.O=CCc1ccccc1. The highest BCUT2D eigenvalue weighted by Crippen LogP contribution is 2.31. The Morgan fingerprint density at radius 1 is 0.908 bits per heavy atom. The number of methoxy groups -OCH3 is 1. The number of nitrogens with two attached hydrogens (primary N) is 1. The second kappa shape index (κ2) is 32.0. The largest absolute Gasteiger partial charge is 0.471 e. The lowest BCUT2D eigenvalue weighted by Gasteiger charge is -2.16. The van der Waals surface area contributed by atoms with Crippen LogP contribution in [0.3, 0.4) is 0 Å². The first kappa shape index (κ1) is 54.4. The van der Waals surface area contributed by atoms with Gasteiger partial charge in [0, 0.05) is 30.0 Å². The molecule has 0 spiro atoms. The number of likely N-dealkylation sites (tertiary alicyclic amines) is 2. The Morgan fingerprint density at radius 3 is 1.97 bits per heavy atom. The predicted octanol–water partition coefficient (Wildman–Crippen LogP) is 7.28. The molecular formula is C49H65FN10O5. The number of aromatic amines is 2. The summed E-state index contributed by atoms with van der Waals surface area (Å²) in [4.78, 5) is 66.8. The van der Waals surface area contributed by atoms with Crippen molar-refractivity contribution in [1.82, 2.24) is 35.1 Å². The number of primary amides is 1. The van der Waals surface area contributed by atoms with Gasteiger partial charge in [-0.25, -0.2) is 14.4 Å². The number of H-pyrrole nitrogens is 2. The summed E-state index contributed by atoms with van der Waals surface area (Å²) in [5.74, 6) is 1.56. The highest BCUT2D eigenvalue weighted by molar-refractivity contribution is 6.08. The molecule has 2 aromatic heterocycles. The number of carbonyl (C=O) groups excluding carboxylic acids is 4. The quantitative estimate of drug-likeness (QED) is 0.0648. The minimum atomic E-state index is -0.292. The van der Waals surface area contributed by atoms with Crippen LogP contribution in [0.4, 0.5) is 4.39 Å². The van der Waals surface area contributed by atoms with Crippen LogP contribution in [0, 0.1) is 5.82 Å². The van der Waals surface area contributed by atoms with E-state index < -0.39 is 0 Å². The summed E-state index contributed by atoms with van der Waals surface area (Å²) in [6.07, 6.45) is 14.0. The fourth-order valence-corrected chi connectivity index (χ4v) is 6.89. The van der Waals surface area contributed by atoms with E-state index in [0.717, 1.165) is 84.5 Å². The number of allylic oxidation sites excluding steroid dienone is 1. The first-order chi connectivity index (χ1) is 31.7. The molecule has 348 valence electrons. The third-order valence-electron chi connectivity index (χ3n) is 10.1. The van der Waals surface area contributed by atoms with Crippen molar-refractivity contribution in [1.29, 1.82) is 0 Å². The molecule has 0 bridgehead atoms. The zero-order valence-electron chi connectivity index (χ0n) is 38.4. The van der Waals surface area contributed by atoms with Crippen molar-refractivity contribution in [2.45, 2.75) is 70.6 Å². The minimum Gasteiger partial charge on any atom is -0.471 e. The van der Waals surface area contributed by atoms with E-state index in [2.05, 4.69) is 76.3 Å². The number of aldehydes is 2. The summed E-state index contributed by atoms with van der Waals surface area (Å²) in [5.41, 5.74) is 9.86. The molecular weight excluding hydrogens is 828 g/mol. The predicted molar refractivity (Wildman–Crippen MR) is 257 cm³/mol. The van der Waals surface area contributed by atoms with Gasteiger partial charge in [0.1, 0.15) is 30.0 Å². The fraction of sp³-hybridized carbons (Fsp3) is 0.347. The molecule has 3 aromatic carbocycles. The van der Waals surface area contributed by atoms with Crippen LogP contribution in [0.1, 0.15) is 91.7 Å². The van der Waals surface area contributed by atoms with Crippen molar-refractivity contribution in [3.63, 3.8) is 0 Å². The van der Waals surface area contributed by atoms with Gasteiger partial charge in [0.05, 0.1) is 55.6 Å². The summed E-state index contributed by atoms with van der Waals surface area (Å²) in [5, 5.41) is 2.90. The second-order valence-corrected chi connectivity index (χ2v) is 14.3. The topological polar surface area (TPSA) is 204 Å². The number of hydrogen-bond donors (Lipinski definition) is 4. The van der Waals surface area contributed by atoms with Crippen molar-refractivity contribution in [2.75, 3.05) is 41.3 Å². The molecule has 3 atom stereocenters. The van der Waals surface area contributed by atoms with E-state index in [-0.39, 0.29) is 24.3 Å². The van der Waals surface area contributed by atoms with Gasteiger partial charge >= 0.3 is 0 Å². The lowest BCUT2D eigenvalue weighted by Crippen LogP contribution is -2.18. The highest BCUT2D eigenvalue weighted by atomic mass is 19.1. The van der Waals surface area contributed by atoms with Crippen molar-refractivity contribution in [2.24, 2.45) is 15.7 Å². The molecule has 0 radical (unpaired) electrons. The summed E-state index contributed by atoms with van der Waals surface area (Å²) in [7, 11) is 7.30. The van der Waals surface area contributed by atoms with Crippen molar-refractivity contribution < 1.29 is 28.3 Å². The zero-order valence-corrected chi connectivity index (χ0v) is 38.4. The number of nitrogens with one attached hydrogen (secondary N) is 3. The van der Waals surface area contributed by atoms with E-state index in [1.807, 2.05) is 80.6 Å². The summed E-state index contributed by atoms with van der Waals surface area (Å²) < 4.78 is 18.9. The first-order valence-corrected chi connectivity index (χ1v) is 21.4. The van der Waals surface area contributed by atoms with E-state index in [1.54, 1.807) is 37.9 Å². The average molecular weight is 893 g/mol. The molecule has 7 rings (SSSR count). The van der Waals surface area contributed by atoms with Gasteiger partial charge in [-0.2, -0.15) is 0 Å². The minimum absolute atomic E-state index is 0.170. The number of ether oxygens (including phenoxy) is 1. The number of aromatic nitrogens is 4. The molecule has 5 N–H and O–H groups in total. The monoisotopic (exact) mass is 893 g/mol. The van der Waals surface area contributed by atoms with Crippen LogP contribution < -0.4 is 11.1 Å². The molecule has 2 saturated heterocycles. The van der Waals surface area contributed by atoms with Crippen molar-refractivity contribution in [3.8, 4) is 11.3 Å². The Hall–Kier alpha value is -6.75. The van der Waals surface area contributed by atoms with Gasteiger partial charge in [0.25, 0.3) is 6.47 Å². The standard InChI is InChI=1S/C27H33FN8.C9H11NO.C8H8O.C2H4O2.C2H6.CH3NO/c1-29-14-19(22-16-31-26(33-22)24-6-4-10-35(24)2)15-30-13-18-8-9-20(21(28)12-18)23-17-32-27(34-23)25-7-5-11-36(25)3;1-10-9(7-11)8-5-3-2-4-6-8;9-7-6-8-4-2-1-3-5-8;1-4-2-3;1-2;2-1-3/h8-9,12,14-17,24-25H,1,4-7,10-11,13H2,2-3H3,(H,31,33)(H,32,34);2-7,9-10H,1H3;1-5,7H,6H2;2H,1H3;1-2H3;1H,(H2,2,3)/b19-14+,30-15?;;;;;/t24-,25-;9-;;;;/m00..../s1. The molecule has 2 fully saturated rings. The van der Waals surface area contributed by atoms with Crippen LogP contribution in [0.2, 0.25) is 0 Å². The van der Waals surface area contributed by atoms with Crippen LogP contribution in [-0.2, 0) is 36.9 Å². The molecule has 5 aromatic rings. The van der Waals surface area contributed by atoms with E-state index in [9.17, 15) is 14.0 Å². The number of carbonyl (C=O) groups is 4.